The van der Waals surface area contributed by atoms with Crippen molar-refractivity contribution in [3.05, 3.63) is 89.4 Å². The van der Waals surface area contributed by atoms with Crippen LogP contribution in [0.5, 0.6) is 0 Å². The van der Waals surface area contributed by atoms with Gasteiger partial charge in [0.05, 0.1) is 23.2 Å². The number of fused-ring (bicyclic) bond motifs is 2. The number of hydrogen-bond donors (Lipinski definition) is 0. The fourth-order valence-corrected chi connectivity index (χ4v) is 5.23. The van der Waals surface area contributed by atoms with Gasteiger partial charge in [-0.3, -0.25) is 9.78 Å². The summed E-state index contributed by atoms with van der Waals surface area (Å²) < 4.78 is 21.0. The Morgan fingerprint density at radius 2 is 1.81 bits per heavy atom. The topological polar surface area (TPSA) is 59.5 Å². The predicted molar refractivity (Wildman–Crippen MR) is 115 cm³/mol. The fraction of sp³-hybridized carbons (Fsp3) is 0.269. The summed E-state index contributed by atoms with van der Waals surface area (Å²) in [6.07, 6.45) is 3.46. The molecule has 1 saturated heterocycles. The number of halogens is 1. The second-order valence-electron chi connectivity index (χ2n) is 8.90. The highest BCUT2D eigenvalue weighted by Crippen LogP contribution is 2.52. The highest BCUT2D eigenvalue weighted by molar-refractivity contribution is 5.96. The lowest BCUT2D eigenvalue weighted by Crippen LogP contribution is -2.40. The van der Waals surface area contributed by atoms with Crippen LogP contribution in [0.4, 0.5) is 4.39 Å². The molecule has 0 bridgehead atoms. The van der Waals surface area contributed by atoms with E-state index in [0.717, 1.165) is 5.56 Å². The van der Waals surface area contributed by atoms with Crippen LogP contribution in [0.3, 0.4) is 0 Å². The van der Waals surface area contributed by atoms with Crippen LogP contribution in [-0.2, 0) is 20.5 Å². The van der Waals surface area contributed by atoms with E-state index in [1.807, 2.05) is 42.5 Å². The monoisotopic (exact) mass is 428 g/mol. The lowest BCUT2D eigenvalue weighted by atomic mass is 9.91. The number of amides is 1. The first-order valence-corrected chi connectivity index (χ1v) is 10.9. The van der Waals surface area contributed by atoms with Crippen molar-refractivity contribution in [2.24, 2.45) is 0 Å². The maximum atomic E-state index is 15.2. The van der Waals surface area contributed by atoms with Crippen LogP contribution in [0.2, 0.25) is 0 Å². The average molecular weight is 428 g/mol. The van der Waals surface area contributed by atoms with Crippen LogP contribution in [0.25, 0.3) is 11.3 Å². The van der Waals surface area contributed by atoms with E-state index in [1.54, 1.807) is 23.2 Å². The van der Waals surface area contributed by atoms with Gasteiger partial charge in [-0.25, -0.2) is 9.18 Å². The largest absolute Gasteiger partial charge is 0.449 e. The number of carbonyl (C=O) groups excluding carboxylic acids is 2. The van der Waals surface area contributed by atoms with Gasteiger partial charge in [-0.15, -0.1) is 0 Å². The summed E-state index contributed by atoms with van der Waals surface area (Å²) in [6, 6.07) is 17.9. The van der Waals surface area contributed by atoms with Gasteiger partial charge in [0.15, 0.2) is 5.60 Å². The summed E-state index contributed by atoms with van der Waals surface area (Å²) in [4.78, 5) is 31.9. The number of benzene rings is 2. The summed E-state index contributed by atoms with van der Waals surface area (Å²) >= 11 is 0. The Morgan fingerprint density at radius 1 is 1.00 bits per heavy atom. The zero-order valence-corrected chi connectivity index (χ0v) is 17.4. The van der Waals surface area contributed by atoms with Gasteiger partial charge >= 0.3 is 5.97 Å². The van der Waals surface area contributed by atoms with E-state index in [-0.39, 0.29) is 17.7 Å². The number of aromatic nitrogens is 1. The number of likely N-dealkylation sites (tertiary alicyclic amines) is 1. The van der Waals surface area contributed by atoms with Crippen molar-refractivity contribution < 1.29 is 18.7 Å². The molecule has 1 aromatic heterocycles. The molecule has 3 aromatic rings. The Balaban J connectivity index is 1.28. The molecule has 0 N–H and O–H groups in total. The number of carbonyl (C=O) groups is 2. The molecule has 0 radical (unpaired) electrons. The van der Waals surface area contributed by atoms with Crippen molar-refractivity contribution in [2.45, 2.75) is 30.3 Å². The van der Waals surface area contributed by atoms with Gasteiger partial charge in [-0.2, -0.15) is 0 Å². The molecule has 2 fully saturated rings. The Kier molecular flexibility index (Phi) is 4.03. The first-order valence-electron chi connectivity index (χ1n) is 10.9. The van der Waals surface area contributed by atoms with E-state index in [2.05, 4.69) is 4.98 Å². The molecule has 1 aliphatic carbocycles. The van der Waals surface area contributed by atoms with Crippen molar-refractivity contribution in [3.8, 4) is 11.3 Å². The molecule has 160 valence electrons. The summed E-state index contributed by atoms with van der Waals surface area (Å²) in [6.45, 7) is 0.791. The Bertz CT molecular complexity index is 1250. The summed E-state index contributed by atoms with van der Waals surface area (Å²) in [5, 5.41) is 0. The summed E-state index contributed by atoms with van der Waals surface area (Å²) in [5.41, 5.74) is 1.60. The van der Waals surface area contributed by atoms with Crippen LogP contribution in [0.15, 0.2) is 66.9 Å². The van der Waals surface area contributed by atoms with E-state index in [0.29, 0.717) is 54.7 Å². The Morgan fingerprint density at radius 3 is 2.56 bits per heavy atom. The molecule has 6 rings (SSSR count). The summed E-state index contributed by atoms with van der Waals surface area (Å²) in [7, 11) is 0. The molecule has 1 unspecified atom stereocenters. The first-order chi connectivity index (χ1) is 15.5. The van der Waals surface area contributed by atoms with Gasteiger partial charge in [0.2, 0.25) is 5.91 Å². The number of esters is 1. The third-order valence-corrected chi connectivity index (χ3v) is 7.05. The number of rotatable bonds is 3. The number of ether oxygens (including phenoxy) is 1. The highest BCUT2D eigenvalue weighted by atomic mass is 19.1. The SMILES string of the molecule is O=C1OC2(CCN(C(=O)C3(c4ccc(-c5ccccn5)cc4F)CC3)C2)c2ccccc21. The zero-order valence-electron chi connectivity index (χ0n) is 17.4. The lowest BCUT2D eigenvalue weighted by Gasteiger charge is -2.27. The van der Waals surface area contributed by atoms with Gasteiger partial charge in [0.25, 0.3) is 0 Å². The third-order valence-electron chi connectivity index (χ3n) is 7.05. The molecule has 1 amide bonds. The normalized spacial score (nSPS) is 22.7. The van der Waals surface area contributed by atoms with E-state index >= 15 is 4.39 Å². The molecule has 3 aliphatic rings. The van der Waals surface area contributed by atoms with Crippen LogP contribution in [0, 0.1) is 5.82 Å². The van der Waals surface area contributed by atoms with Gasteiger partial charge in [-0.1, -0.05) is 36.4 Å². The van der Waals surface area contributed by atoms with Gasteiger partial charge in [0.1, 0.15) is 5.82 Å². The molecule has 1 saturated carbocycles. The van der Waals surface area contributed by atoms with Gasteiger partial charge in [0, 0.05) is 35.9 Å². The molecule has 1 spiro atoms. The minimum absolute atomic E-state index is 0.0840. The molecular formula is C26H21FN2O3. The van der Waals surface area contributed by atoms with Crippen molar-refractivity contribution in [1.29, 1.82) is 0 Å². The van der Waals surface area contributed by atoms with E-state index < -0.39 is 11.0 Å². The molecule has 6 heteroatoms. The Hall–Kier alpha value is -3.54. The van der Waals surface area contributed by atoms with E-state index in [1.165, 1.54) is 6.07 Å². The minimum Gasteiger partial charge on any atom is -0.449 e. The third kappa shape index (κ3) is 2.72. The van der Waals surface area contributed by atoms with Gasteiger partial charge in [-0.05, 0) is 37.1 Å². The number of pyridine rings is 1. The summed E-state index contributed by atoms with van der Waals surface area (Å²) in [5.74, 6) is -0.808. The highest BCUT2D eigenvalue weighted by Gasteiger charge is 2.58. The maximum absolute atomic E-state index is 15.2. The average Bonchev–Trinajstić information content (AvgIpc) is 3.44. The molecule has 1 atom stereocenters. The van der Waals surface area contributed by atoms with Crippen LogP contribution >= 0.6 is 0 Å². The smallest absolute Gasteiger partial charge is 0.339 e. The fourth-order valence-electron chi connectivity index (χ4n) is 5.23. The van der Waals surface area contributed by atoms with Crippen molar-refractivity contribution in [1.82, 2.24) is 9.88 Å². The molecular weight excluding hydrogens is 407 g/mol. The van der Waals surface area contributed by atoms with Crippen LogP contribution in [0.1, 0.15) is 40.7 Å². The second kappa shape index (κ2) is 6.73. The number of hydrogen-bond acceptors (Lipinski definition) is 4. The van der Waals surface area contributed by atoms with Crippen molar-refractivity contribution >= 4 is 11.9 Å². The molecule has 3 heterocycles. The molecule has 32 heavy (non-hydrogen) atoms. The van der Waals surface area contributed by atoms with Crippen LogP contribution < -0.4 is 0 Å². The van der Waals surface area contributed by atoms with Crippen molar-refractivity contribution in [2.75, 3.05) is 13.1 Å². The van der Waals surface area contributed by atoms with E-state index in [9.17, 15) is 9.59 Å². The minimum atomic E-state index is -0.833. The molecule has 2 aliphatic heterocycles. The predicted octanol–water partition coefficient (Wildman–Crippen LogP) is 4.22. The zero-order chi connectivity index (χ0) is 21.9. The quantitative estimate of drug-likeness (QED) is 0.586. The van der Waals surface area contributed by atoms with Gasteiger partial charge < -0.3 is 9.64 Å². The van der Waals surface area contributed by atoms with E-state index in [4.69, 9.17) is 4.74 Å². The maximum Gasteiger partial charge on any atom is 0.339 e. The Labute approximate surface area is 184 Å². The van der Waals surface area contributed by atoms with Crippen molar-refractivity contribution in [3.63, 3.8) is 0 Å². The molecule has 2 aromatic carbocycles. The molecule has 5 nitrogen and oxygen atoms in total. The lowest BCUT2D eigenvalue weighted by molar-refractivity contribution is -0.134. The van der Waals surface area contributed by atoms with Crippen LogP contribution in [-0.4, -0.2) is 34.8 Å². The second-order valence-corrected chi connectivity index (χ2v) is 8.90. The first kappa shape index (κ1) is 19.2. The number of nitrogens with zero attached hydrogens (tertiary/aromatic N) is 2. The standard InChI is InChI=1S/C26H21FN2O3/c27-21-15-17(22-7-3-4-13-28-22)8-9-20(21)25(10-11-25)24(31)29-14-12-26(16-29)19-6-2-1-5-18(19)23(30)32-26/h1-9,13,15H,10-12,14,16H2.